The summed E-state index contributed by atoms with van der Waals surface area (Å²) in [6, 6.07) is 6.17. The van der Waals surface area contributed by atoms with Crippen molar-refractivity contribution in [3.63, 3.8) is 0 Å². The maximum absolute atomic E-state index is 13.6. The fourth-order valence-electron chi connectivity index (χ4n) is 5.19. The first-order valence-corrected chi connectivity index (χ1v) is 13.8. The summed E-state index contributed by atoms with van der Waals surface area (Å²) in [5.41, 5.74) is 1.25. The van der Waals surface area contributed by atoms with Gasteiger partial charge in [-0.25, -0.2) is 4.79 Å². The number of benzene rings is 1. The lowest BCUT2D eigenvalue weighted by Crippen LogP contribution is -2.58. The molecule has 9 heteroatoms. The van der Waals surface area contributed by atoms with E-state index in [-0.39, 0.29) is 36.1 Å². The number of carboxylic acids is 1. The number of carboxylic acid groups (broad SMARTS) is 1. The molecular formula is C29H43N3O6. The van der Waals surface area contributed by atoms with E-state index in [9.17, 15) is 24.3 Å². The lowest BCUT2D eigenvalue weighted by atomic mass is 9.82. The standard InChI is InChI=1S/C29H43N3O6/c1-6-18(2)24(26(34)30-16-19-11-13-20(14-12-19)27(35)36)31-25(33)23-15-21-9-7-8-10-22(21)17-32(23)28(37)38-29(3,4)5/h7-10,18-20,23-24H,6,11-17H2,1-5H3,(H,30,34)(H,31,33)(H,35,36)/t18?,19?,20?,23-,24-/m0/s1. The van der Waals surface area contributed by atoms with Gasteiger partial charge in [0.2, 0.25) is 11.8 Å². The average molecular weight is 530 g/mol. The van der Waals surface area contributed by atoms with Gasteiger partial charge < -0.3 is 20.5 Å². The summed E-state index contributed by atoms with van der Waals surface area (Å²) in [4.78, 5) is 52.7. The third-order valence-corrected chi connectivity index (χ3v) is 7.73. The third-order valence-electron chi connectivity index (χ3n) is 7.73. The van der Waals surface area contributed by atoms with Gasteiger partial charge in [-0.05, 0) is 69.4 Å². The van der Waals surface area contributed by atoms with Crippen molar-refractivity contribution < 1.29 is 29.0 Å². The number of hydrogen-bond donors (Lipinski definition) is 3. The van der Waals surface area contributed by atoms with Crippen molar-refractivity contribution in [2.24, 2.45) is 17.8 Å². The van der Waals surface area contributed by atoms with E-state index in [1.54, 1.807) is 20.8 Å². The average Bonchev–Trinajstić information content (AvgIpc) is 2.88. The first-order valence-electron chi connectivity index (χ1n) is 13.8. The number of fused-ring (bicyclic) bond motifs is 1. The van der Waals surface area contributed by atoms with Crippen LogP contribution in [0.3, 0.4) is 0 Å². The molecule has 3 amide bonds. The van der Waals surface area contributed by atoms with Gasteiger partial charge >= 0.3 is 12.1 Å². The van der Waals surface area contributed by atoms with Gasteiger partial charge in [-0.15, -0.1) is 0 Å². The zero-order valence-corrected chi connectivity index (χ0v) is 23.3. The van der Waals surface area contributed by atoms with Gasteiger partial charge in [0, 0.05) is 13.0 Å². The van der Waals surface area contributed by atoms with Gasteiger partial charge in [-0.2, -0.15) is 0 Å². The summed E-state index contributed by atoms with van der Waals surface area (Å²) in [5.74, 6) is -1.59. The van der Waals surface area contributed by atoms with Gasteiger partial charge in [0.15, 0.2) is 0 Å². The molecule has 2 aliphatic rings. The number of rotatable bonds is 8. The Balaban J connectivity index is 1.70. The monoisotopic (exact) mass is 529 g/mol. The Morgan fingerprint density at radius 3 is 2.29 bits per heavy atom. The predicted octanol–water partition coefficient (Wildman–Crippen LogP) is 3.89. The summed E-state index contributed by atoms with van der Waals surface area (Å²) in [6.07, 6.45) is 3.20. The van der Waals surface area contributed by atoms with E-state index in [4.69, 9.17) is 4.74 Å². The molecule has 0 saturated heterocycles. The van der Waals surface area contributed by atoms with Crippen LogP contribution < -0.4 is 10.6 Å². The van der Waals surface area contributed by atoms with E-state index >= 15 is 0 Å². The SMILES string of the molecule is CCC(C)[C@H](NC(=O)[C@@H]1Cc2ccccc2CN1C(=O)OC(C)(C)C)C(=O)NCC1CCC(C(=O)O)CC1. The number of hydrogen-bond acceptors (Lipinski definition) is 5. The zero-order chi connectivity index (χ0) is 28.0. The second-order valence-corrected chi connectivity index (χ2v) is 11.8. The summed E-state index contributed by atoms with van der Waals surface area (Å²) < 4.78 is 5.61. The van der Waals surface area contributed by atoms with Gasteiger partial charge in [-0.3, -0.25) is 19.3 Å². The number of carbonyl (C=O) groups is 4. The Morgan fingerprint density at radius 1 is 1.08 bits per heavy atom. The molecule has 38 heavy (non-hydrogen) atoms. The van der Waals surface area contributed by atoms with Crippen molar-refractivity contribution in [1.82, 2.24) is 15.5 Å². The van der Waals surface area contributed by atoms with Crippen LogP contribution in [0, 0.1) is 17.8 Å². The Kier molecular flexibility index (Phi) is 9.79. The van der Waals surface area contributed by atoms with E-state index in [0.29, 0.717) is 32.2 Å². The minimum atomic E-state index is -0.801. The maximum atomic E-state index is 13.6. The van der Waals surface area contributed by atoms with E-state index in [0.717, 1.165) is 24.0 Å². The van der Waals surface area contributed by atoms with Crippen molar-refractivity contribution >= 4 is 23.9 Å². The molecule has 1 unspecified atom stereocenters. The Bertz CT molecular complexity index is 1010. The van der Waals surface area contributed by atoms with Crippen LogP contribution in [0.4, 0.5) is 4.79 Å². The number of ether oxygens (including phenoxy) is 1. The summed E-state index contributed by atoms with van der Waals surface area (Å²) in [7, 11) is 0. The summed E-state index contributed by atoms with van der Waals surface area (Å²) in [5, 5.41) is 15.2. The molecule has 0 bridgehead atoms. The molecule has 1 saturated carbocycles. The highest BCUT2D eigenvalue weighted by atomic mass is 16.6. The molecule has 1 aliphatic heterocycles. The molecule has 1 aromatic rings. The van der Waals surface area contributed by atoms with Gasteiger partial charge in [0.1, 0.15) is 17.7 Å². The molecule has 9 nitrogen and oxygen atoms in total. The molecule has 0 spiro atoms. The highest BCUT2D eigenvalue weighted by Gasteiger charge is 2.39. The van der Waals surface area contributed by atoms with Gasteiger partial charge in [0.25, 0.3) is 0 Å². The van der Waals surface area contributed by atoms with Crippen molar-refractivity contribution in [3.8, 4) is 0 Å². The molecule has 1 aromatic carbocycles. The van der Waals surface area contributed by atoms with Crippen LogP contribution in [-0.2, 0) is 32.1 Å². The fourth-order valence-corrected chi connectivity index (χ4v) is 5.19. The normalized spacial score (nSPS) is 23.0. The highest BCUT2D eigenvalue weighted by molar-refractivity contribution is 5.92. The lowest BCUT2D eigenvalue weighted by molar-refractivity contribution is -0.143. The van der Waals surface area contributed by atoms with Crippen molar-refractivity contribution in [2.45, 2.75) is 97.4 Å². The fraction of sp³-hybridized carbons (Fsp3) is 0.655. The molecule has 0 radical (unpaired) electrons. The van der Waals surface area contributed by atoms with Crippen molar-refractivity contribution in [3.05, 3.63) is 35.4 Å². The van der Waals surface area contributed by atoms with E-state index in [1.807, 2.05) is 38.1 Å². The number of nitrogens with zero attached hydrogens (tertiary/aromatic N) is 1. The lowest BCUT2D eigenvalue weighted by Gasteiger charge is -2.37. The van der Waals surface area contributed by atoms with Gasteiger partial charge in [0.05, 0.1) is 12.5 Å². The minimum absolute atomic E-state index is 0.118. The van der Waals surface area contributed by atoms with Crippen LogP contribution in [-0.4, -0.2) is 58.1 Å². The van der Waals surface area contributed by atoms with Crippen LogP contribution in [0.25, 0.3) is 0 Å². The molecule has 3 rings (SSSR count). The van der Waals surface area contributed by atoms with Crippen LogP contribution in [0.15, 0.2) is 24.3 Å². The molecule has 3 N–H and O–H groups in total. The quantitative estimate of drug-likeness (QED) is 0.469. The molecule has 1 fully saturated rings. The van der Waals surface area contributed by atoms with E-state index in [2.05, 4.69) is 10.6 Å². The van der Waals surface area contributed by atoms with E-state index in [1.165, 1.54) is 4.90 Å². The number of carbonyl (C=O) groups excluding carboxylic acids is 3. The molecule has 3 atom stereocenters. The predicted molar refractivity (Wildman–Crippen MR) is 143 cm³/mol. The second kappa shape index (κ2) is 12.6. The van der Waals surface area contributed by atoms with E-state index < -0.39 is 29.7 Å². The minimum Gasteiger partial charge on any atom is -0.481 e. The first-order chi connectivity index (χ1) is 17.9. The number of nitrogens with one attached hydrogen (secondary N) is 2. The van der Waals surface area contributed by atoms with Crippen LogP contribution in [0.1, 0.15) is 77.8 Å². The van der Waals surface area contributed by atoms with Crippen LogP contribution in [0.2, 0.25) is 0 Å². The van der Waals surface area contributed by atoms with Gasteiger partial charge in [-0.1, -0.05) is 44.5 Å². The third kappa shape index (κ3) is 7.71. The Labute approximate surface area is 225 Å². The number of aliphatic carboxylic acids is 1. The molecule has 0 aromatic heterocycles. The molecule has 1 heterocycles. The Morgan fingerprint density at radius 2 is 1.71 bits per heavy atom. The molecule has 210 valence electrons. The summed E-state index contributed by atoms with van der Waals surface area (Å²) in [6.45, 7) is 9.95. The molecular weight excluding hydrogens is 486 g/mol. The Hall–Kier alpha value is -3.10. The highest BCUT2D eigenvalue weighted by Crippen LogP contribution is 2.29. The topological polar surface area (TPSA) is 125 Å². The molecule has 1 aliphatic carbocycles. The second-order valence-electron chi connectivity index (χ2n) is 11.8. The maximum Gasteiger partial charge on any atom is 0.411 e. The summed E-state index contributed by atoms with van der Waals surface area (Å²) >= 11 is 0. The zero-order valence-electron chi connectivity index (χ0n) is 23.3. The van der Waals surface area contributed by atoms with Crippen molar-refractivity contribution in [2.75, 3.05) is 6.54 Å². The largest absolute Gasteiger partial charge is 0.481 e. The smallest absolute Gasteiger partial charge is 0.411 e. The first kappa shape index (κ1) is 29.5. The van der Waals surface area contributed by atoms with Crippen LogP contribution in [0.5, 0.6) is 0 Å². The van der Waals surface area contributed by atoms with Crippen LogP contribution >= 0.6 is 0 Å². The number of amides is 3. The van der Waals surface area contributed by atoms with Crippen molar-refractivity contribution in [1.29, 1.82) is 0 Å².